The van der Waals surface area contributed by atoms with Crippen molar-refractivity contribution in [1.29, 1.82) is 0 Å². The SMILES string of the molecule is Oc1cc(-[n+]2ccccc2)c2ccccc2c1O. The molecule has 0 radical (unpaired) electrons. The molecule has 3 heteroatoms. The second-order valence-electron chi connectivity index (χ2n) is 4.09. The molecule has 1 aromatic heterocycles. The van der Waals surface area contributed by atoms with Crippen LogP contribution in [0, 0.1) is 0 Å². The van der Waals surface area contributed by atoms with Crippen LogP contribution < -0.4 is 4.57 Å². The van der Waals surface area contributed by atoms with Gasteiger partial charge in [0.2, 0.25) is 5.69 Å². The average molecular weight is 238 g/mol. The molecular formula is C15H12NO2+. The molecule has 0 saturated carbocycles. The van der Waals surface area contributed by atoms with Gasteiger partial charge in [-0.2, -0.15) is 4.57 Å². The number of aromatic nitrogens is 1. The number of hydrogen-bond acceptors (Lipinski definition) is 2. The molecule has 2 aromatic carbocycles. The Kier molecular flexibility index (Phi) is 2.38. The van der Waals surface area contributed by atoms with Crippen molar-refractivity contribution in [3.05, 3.63) is 60.9 Å². The topological polar surface area (TPSA) is 44.3 Å². The van der Waals surface area contributed by atoms with E-state index in [0.29, 0.717) is 5.39 Å². The number of phenolic OH excluding ortho intramolecular Hbond substituents is 2. The Hall–Kier alpha value is -2.55. The van der Waals surface area contributed by atoms with Crippen LogP contribution >= 0.6 is 0 Å². The van der Waals surface area contributed by atoms with E-state index in [2.05, 4.69) is 0 Å². The summed E-state index contributed by atoms with van der Waals surface area (Å²) in [5, 5.41) is 21.2. The zero-order valence-electron chi connectivity index (χ0n) is 9.62. The van der Waals surface area contributed by atoms with Gasteiger partial charge in [-0.15, -0.1) is 0 Å². The minimum absolute atomic E-state index is 0.0779. The Morgan fingerprint density at radius 3 is 2.17 bits per heavy atom. The minimum atomic E-state index is -0.111. The van der Waals surface area contributed by atoms with Gasteiger partial charge in [0.25, 0.3) is 0 Å². The molecule has 0 aliphatic carbocycles. The van der Waals surface area contributed by atoms with E-state index in [-0.39, 0.29) is 11.5 Å². The summed E-state index contributed by atoms with van der Waals surface area (Å²) < 4.78 is 1.90. The molecule has 0 fully saturated rings. The molecule has 3 aromatic rings. The fourth-order valence-corrected chi connectivity index (χ4v) is 2.10. The number of phenols is 2. The lowest BCUT2D eigenvalue weighted by atomic mass is 10.1. The first-order chi connectivity index (χ1) is 8.77. The van der Waals surface area contributed by atoms with Gasteiger partial charge in [0, 0.05) is 17.5 Å². The maximum absolute atomic E-state index is 9.87. The maximum atomic E-state index is 9.87. The highest BCUT2D eigenvalue weighted by atomic mass is 16.3. The highest BCUT2D eigenvalue weighted by Crippen LogP contribution is 2.35. The number of rotatable bonds is 1. The van der Waals surface area contributed by atoms with Gasteiger partial charge in [0.05, 0.1) is 11.5 Å². The van der Waals surface area contributed by atoms with Crippen molar-refractivity contribution in [3.8, 4) is 17.2 Å². The van der Waals surface area contributed by atoms with Crippen LogP contribution in [-0.4, -0.2) is 10.2 Å². The highest BCUT2D eigenvalue weighted by molar-refractivity contribution is 5.95. The zero-order chi connectivity index (χ0) is 12.5. The van der Waals surface area contributed by atoms with E-state index in [1.807, 2.05) is 53.4 Å². The van der Waals surface area contributed by atoms with Gasteiger partial charge in [-0.1, -0.05) is 24.3 Å². The van der Waals surface area contributed by atoms with Gasteiger partial charge in [-0.25, -0.2) is 0 Å². The van der Waals surface area contributed by atoms with E-state index < -0.39 is 0 Å². The van der Waals surface area contributed by atoms with Crippen LogP contribution in [0.3, 0.4) is 0 Å². The molecule has 0 atom stereocenters. The maximum Gasteiger partial charge on any atom is 0.222 e. The van der Waals surface area contributed by atoms with Gasteiger partial charge < -0.3 is 10.2 Å². The third-order valence-electron chi connectivity index (χ3n) is 2.97. The second-order valence-corrected chi connectivity index (χ2v) is 4.09. The molecule has 0 bridgehead atoms. The molecule has 0 saturated heterocycles. The second kappa shape index (κ2) is 4.04. The third-order valence-corrected chi connectivity index (χ3v) is 2.97. The fraction of sp³-hybridized carbons (Fsp3) is 0. The van der Waals surface area contributed by atoms with Crippen molar-refractivity contribution < 1.29 is 14.8 Å². The van der Waals surface area contributed by atoms with Crippen LogP contribution in [0.2, 0.25) is 0 Å². The van der Waals surface area contributed by atoms with Gasteiger partial charge in [-0.05, 0) is 6.07 Å². The number of fused-ring (bicyclic) bond motifs is 1. The summed E-state index contributed by atoms with van der Waals surface area (Å²) >= 11 is 0. The van der Waals surface area contributed by atoms with Gasteiger partial charge in [0.1, 0.15) is 0 Å². The summed E-state index contributed by atoms with van der Waals surface area (Å²) in [4.78, 5) is 0. The summed E-state index contributed by atoms with van der Waals surface area (Å²) in [5.74, 6) is -0.189. The predicted molar refractivity (Wildman–Crippen MR) is 68.8 cm³/mol. The monoisotopic (exact) mass is 238 g/mol. The lowest BCUT2D eigenvalue weighted by Gasteiger charge is -2.05. The van der Waals surface area contributed by atoms with E-state index >= 15 is 0 Å². The lowest BCUT2D eigenvalue weighted by Crippen LogP contribution is -2.29. The molecule has 88 valence electrons. The van der Waals surface area contributed by atoms with Crippen molar-refractivity contribution in [2.75, 3.05) is 0 Å². The largest absolute Gasteiger partial charge is 0.504 e. The number of pyridine rings is 1. The Morgan fingerprint density at radius 1 is 0.778 bits per heavy atom. The first-order valence-electron chi connectivity index (χ1n) is 5.68. The Morgan fingerprint density at radius 2 is 1.44 bits per heavy atom. The summed E-state index contributed by atoms with van der Waals surface area (Å²) in [6, 6.07) is 14.8. The summed E-state index contributed by atoms with van der Waals surface area (Å²) in [6.45, 7) is 0. The van der Waals surface area contributed by atoms with Gasteiger partial charge >= 0.3 is 0 Å². The molecule has 0 spiro atoms. The molecule has 18 heavy (non-hydrogen) atoms. The Labute approximate surface area is 104 Å². The molecule has 0 unspecified atom stereocenters. The molecule has 3 rings (SSSR count). The minimum Gasteiger partial charge on any atom is -0.504 e. The van der Waals surface area contributed by atoms with Crippen molar-refractivity contribution in [2.45, 2.75) is 0 Å². The van der Waals surface area contributed by atoms with E-state index in [4.69, 9.17) is 0 Å². The van der Waals surface area contributed by atoms with Crippen molar-refractivity contribution >= 4 is 10.8 Å². The van der Waals surface area contributed by atoms with Crippen LogP contribution in [-0.2, 0) is 0 Å². The molecule has 0 aliphatic heterocycles. The summed E-state index contributed by atoms with van der Waals surface area (Å²) in [7, 11) is 0. The summed E-state index contributed by atoms with van der Waals surface area (Å²) in [5.41, 5.74) is 0.835. The molecule has 0 aliphatic rings. The first-order valence-corrected chi connectivity index (χ1v) is 5.68. The highest BCUT2D eigenvalue weighted by Gasteiger charge is 2.16. The molecular weight excluding hydrogens is 226 g/mol. The standard InChI is InChI=1S/C15H11NO2/c17-14-10-13(16-8-4-1-5-9-16)11-6-2-3-7-12(11)15(14)18/h1-10H,(H-,17,18)/p+1. The average Bonchev–Trinajstić information content (AvgIpc) is 2.44. The van der Waals surface area contributed by atoms with E-state index in [9.17, 15) is 10.2 Å². The smallest absolute Gasteiger partial charge is 0.222 e. The number of aromatic hydroxyl groups is 2. The number of benzene rings is 2. The fourth-order valence-electron chi connectivity index (χ4n) is 2.10. The Balaban J connectivity index is 2.40. The predicted octanol–water partition coefficient (Wildman–Crippen LogP) is 2.53. The van der Waals surface area contributed by atoms with Crippen LogP contribution in [0.1, 0.15) is 0 Å². The third kappa shape index (κ3) is 1.57. The van der Waals surface area contributed by atoms with E-state index in [1.54, 1.807) is 12.1 Å². The van der Waals surface area contributed by atoms with Crippen LogP contribution in [0.5, 0.6) is 11.5 Å². The molecule has 3 nitrogen and oxygen atoms in total. The number of hydrogen-bond donors (Lipinski definition) is 2. The van der Waals surface area contributed by atoms with Crippen molar-refractivity contribution in [2.24, 2.45) is 0 Å². The normalized spacial score (nSPS) is 10.7. The van der Waals surface area contributed by atoms with Gasteiger partial charge in [-0.3, -0.25) is 0 Å². The lowest BCUT2D eigenvalue weighted by molar-refractivity contribution is -0.594. The van der Waals surface area contributed by atoms with E-state index in [1.165, 1.54) is 0 Å². The van der Waals surface area contributed by atoms with Crippen LogP contribution in [0.25, 0.3) is 16.5 Å². The Bertz CT molecular complexity index is 708. The molecule has 1 heterocycles. The summed E-state index contributed by atoms with van der Waals surface area (Å²) in [6.07, 6.45) is 3.80. The van der Waals surface area contributed by atoms with Crippen molar-refractivity contribution in [1.82, 2.24) is 0 Å². The first kappa shape index (κ1) is 10.6. The molecule has 2 N–H and O–H groups in total. The zero-order valence-corrected chi connectivity index (χ0v) is 9.62. The van der Waals surface area contributed by atoms with Gasteiger partial charge in [0.15, 0.2) is 23.9 Å². The van der Waals surface area contributed by atoms with Crippen LogP contribution in [0.15, 0.2) is 60.9 Å². The quantitative estimate of drug-likeness (QED) is 0.505. The van der Waals surface area contributed by atoms with Crippen LogP contribution in [0.4, 0.5) is 0 Å². The van der Waals surface area contributed by atoms with Crippen molar-refractivity contribution in [3.63, 3.8) is 0 Å². The number of nitrogens with zero attached hydrogens (tertiary/aromatic N) is 1. The van der Waals surface area contributed by atoms with E-state index in [0.717, 1.165) is 11.1 Å². The molecule has 0 amide bonds.